The maximum atomic E-state index is 13.4. The molecule has 122 valence electrons. The van der Waals surface area contributed by atoms with Gasteiger partial charge in [0.2, 0.25) is 0 Å². The van der Waals surface area contributed by atoms with Crippen molar-refractivity contribution in [1.29, 1.82) is 0 Å². The highest BCUT2D eigenvalue weighted by Crippen LogP contribution is 2.48. The quantitative estimate of drug-likeness (QED) is 0.801. The number of phenols is 1. The Morgan fingerprint density at radius 1 is 1.36 bits per heavy atom. The van der Waals surface area contributed by atoms with E-state index in [2.05, 4.69) is 5.32 Å². The molecule has 1 aliphatic heterocycles. The lowest BCUT2D eigenvalue weighted by atomic mass is 9.74. The standard InChI is InChI=1S/C15H18F3NO3/c1-8-3-10(12(20)4-9(8)2)5-11-6-19-7-14(11,13(21)22)15(16,17)18/h3-4,11,19-20H,5-7H2,1-2H3,(H,21,22)/t11-,14+/m0/s1. The van der Waals surface area contributed by atoms with E-state index in [1.807, 2.05) is 0 Å². The van der Waals surface area contributed by atoms with Crippen molar-refractivity contribution in [2.45, 2.75) is 26.4 Å². The van der Waals surface area contributed by atoms with Crippen molar-refractivity contribution in [2.24, 2.45) is 11.3 Å². The molecule has 2 atom stereocenters. The molecule has 0 amide bonds. The molecule has 7 heteroatoms. The van der Waals surface area contributed by atoms with Gasteiger partial charge >= 0.3 is 12.1 Å². The number of hydrogen-bond acceptors (Lipinski definition) is 3. The van der Waals surface area contributed by atoms with Crippen LogP contribution in [0.4, 0.5) is 13.2 Å². The summed E-state index contributed by atoms with van der Waals surface area (Å²) in [5, 5.41) is 21.7. The topological polar surface area (TPSA) is 69.6 Å². The number of alkyl halides is 3. The molecule has 4 nitrogen and oxygen atoms in total. The Morgan fingerprint density at radius 2 is 1.95 bits per heavy atom. The smallest absolute Gasteiger partial charge is 0.406 e. The van der Waals surface area contributed by atoms with Crippen LogP contribution in [0.25, 0.3) is 0 Å². The first kappa shape index (κ1) is 16.6. The van der Waals surface area contributed by atoms with Crippen LogP contribution in [0.2, 0.25) is 0 Å². The van der Waals surface area contributed by atoms with Crippen LogP contribution in [0.15, 0.2) is 12.1 Å². The number of hydrogen-bond donors (Lipinski definition) is 3. The van der Waals surface area contributed by atoms with E-state index in [0.29, 0.717) is 5.56 Å². The lowest BCUT2D eigenvalue weighted by Crippen LogP contribution is -2.51. The van der Waals surface area contributed by atoms with Gasteiger partial charge in [-0.3, -0.25) is 4.79 Å². The number of aromatic hydroxyl groups is 1. The number of nitrogens with one attached hydrogen (secondary N) is 1. The van der Waals surface area contributed by atoms with Gasteiger partial charge in [0.25, 0.3) is 0 Å². The third kappa shape index (κ3) is 2.54. The van der Waals surface area contributed by atoms with Gasteiger partial charge in [-0.1, -0.05) is 6.07 Å². The third-order valence-corrected chi connectivity index (χ3v) is 4.54. The third-order valence-electron chi connectivity index (χ3n) is 4.54. The molecule has 3 N–H and O–H groups in total. The number of rotatable bonds is 3. The number of carboxylic acid groups (broad SMARTS) is 1. The van der Waals surface area contributed by atoms with Crippen LogP contribution in [-0.2, 0) is 11.2 Å². The van der Waals surface area contributed by atoms with Crippen LogP contribution >= 0.6 is 0 Å². The molecule has 0 spiro atoms. The van der Waals surface area contributed by atoms with Gasteiger partial charge in [-0.2, -0.15) is 13.2 Å². The zero-order valence-electron chi connectivity index (χ0n) is 12.3. The van der Waals surface area contributed by atoms with Crippen molar-refractivity contribution in [1.82, 2.24) is 5.32 Å². The molecule has 1 fully saturated rings. The summed E-state index contributed by atoms with van der Waals surface area (Å²) in [5.74, 6) is -3.15. The van der Waals surface area contributed by atoms with E-state index in [1.54, 1.807) is 19.9 Å². The number of phenolic OH excluding ortho intramolecular Hbond substituents is 1. The number of carbonyl (C=O) groups is 1. The Balaban J connectivity index is 2.40. The largest absolute Gasteiger partial charge is 0.508 e. The Kier molecular flexibility index (Phi) is 4.12. The molecule has 1 aromatic rings. The number of aryl methyl sites for hydroxylation is 2. The fourth-order valence-electron chi connectivity index (χ4n) is 3.00. The minimum Gasteiger partial charge on any atom is -0.508 e. The summed E-state index contributed by atoms with van der Waals surface area (Å²) >= 11 is 0. The summed E-state index contributed by atoms with van der Waals surface area (Å²) in [6.45, 7) is 2.87. The summed E-state index contributed by atoms with van der Waals surface area (Å²) < 4.78 is 40.1. The van der Waals surface area contributed by atoms with Crippen LogP contribution < -0.4 is 5.32 Å². The van der Waals surface area contributed by atoms with Crippen molar-refractivity contribution >= 4 is 5.97 Å². The molecule has 22 heavy (non-hydrogen) atoms. The number of halogens is 3. The molecular weight excluding hydrogens is 299 g/mol. The monoisotopic (exact) mass is 317 g/mol. The molecule has 0 aromatic heterocycles. The molecule has 1 aromatic carbocycles. The maximum Gasteiger partial charge on any atom is 0.406 e. The normalized spacial score (nSPS) is 25.4. The van der Waals surface area contributed by atoms with E-state index in [9.17, 15) is 28.2 Å². The average Bonchev–Trinajstić information content (AvgIpc) is 2.80. The molecule has 0 radical (unpaired) electrons. The molecule has 0 saturated carbocycles. The summed E-state index contributed by atoms with van der Waals surface area (Å²) in [6, 6.07) is 3.11. The van der Waals surface area contributed by atoms with Gasteiger partial charge in [-0.15, -0.1) is 0 Å². The van der Waals surface area contributed by atoms with Crippen LogP contribution in [0, 0.1) is 25.2 Å². The van der Waals surface area contributed by atoms with E-state index in [-0.39, 0.29) is 18.7 Å². The SMILES string of the molecule is Cc1cc(O)c(C[C@H]2CNC[C@@]2(C(=O)O)C(F)(F)F)cc1C. The minimum absolute atomic E-state index is 0.0574. The highest BCUT2D eigenvalue weighted by atomic mass is 19.4. The Labute approximate surface area is 126 Å². The lowest BCUT2D eigenvalue weighted by molar-refractivity contribution is -0.236. The van der Waals surface area contributed by atoms with Gasteiger partial charge < -0.3 is 15.5 Å². The van der Waals surface area contributed by atoms with Crippen molar-refractivity contribution in [3.63, 3.8) is 0 Å². The maximum absolute atomic E-state index is 13.4. The molecule has 1 heterocycles. The van der Waals surface area contributed by atoms with Gasteiger partial charge in [0.05, 0.1) is 0 Å². The van der Waals surface area contributed by atoms with E-state index in [0.717, 1.165) is 11.1 Å². The number of aliphatic carboxylic acids is 1. The second-order valence-electron chi connectivity index (χ2n) is 5.87. The predicted octanol–water partition coefficient (Wildman–Crippen LogP) is 2.40. The van der Waals surface area contributed by atoms with E-state index in [4.69, 9.17) is 0 Å². The zero-order chi connectivity index (χ0) is 16.7. The lowest BCUT2D eigenvalue weighted by Gasteiger charge is -2.32. The second-order valence-corrected chi connectivity index (χ2v) is 5.87. The summed E-state index contributed by atoms with van der Waals surface area (Å²) in [5.41, 5.74) is -0.817. The Hall–Kier alpha value is -1.76. The van der Waals surface area contributed by atoms with Crippen molar-refractivity contribution in [3.05, 3.63) is 28.8 Å². The molecule has 1 aliphatic rings. The van der Waals surface area contributed by atoms with Gasteiger partial charge in [0, 0.05) is 12.5 Å². The molecular formula is C15H18F3NO3. The van der Waals surface area contributed by atoms with Crippen molar-refractivity contribution < 1.29 is 28.2 Å². The van der Waals surface area contributed by atoms with Crippen molar-refractivity contribution in [3.8, 4) is 5.75 Å². The van der Waals surface area contributed by atoms with Gasteiger partial charge in [0.1, 0.15) is 5.75 Å². The molecule has 0 bridgehead atoms. The second kappa shape index (κ2) is 5.46. The highest BCUT2D eigenvalue weighted by molar-refractivity contribution is 5.77. The number of carboxylic acids is 1. The van der Waals surface area contributed by atoms with E-state index in [1.165, 1.54) is 6.07 Å². The van der Waals surface area contributed by atoms with Crippen LogP contribution in [0.3, 0.4) is 0 Å². The van der Waals surface area contributed by atoms with Crippen LogP contribution in [-0.4, -0.2) is 35.4 Å². The molecule has 2 rings (SSSR count). The molecule has 0 aliphatic carbocycles. The summed E-state index contributed by atoms with van der Waals surface area (Å²) in [6.07, 6.45) is -5.01. The first-order chi connectivity index (χ1) is 10.1. The van der Waals surface area contributed by atoms with Gasteiger partial charge in [-0.25, -0.2) is 0 Å². The first-order valence-corrected chi connectivity index (χ1v) is 6.89. The highest BCUT2D eigenvalue weighted by Gasteiger charge is 2.66. The predicted molar refractivity (Wildman–Crippen MR) is 73.8 cm³/mol. The van der Waals surface area contributed by atoms with E-state index < -0.39 is 30.0 Å². The zero-order valence-corrected chi connectivity index (χ0v) is 12.3. The number of benzene rings is 1. The summed E-state index contributed by atoms with van der Waals surface area (Å²) in [7, 11) is 0. The minimum atomic E-state index is -4.86. The van der Waals surface area contributed by atoms with Crippen LogP contribution in [0.5, 0.6) is 5.75 Å². The van der Waals surface area contributed by atoms with Crippen LogP contribution in [0.1, 0.15) is 16.7 Å². The first-order valence-electron chi connectivity index (χ1n) is 6.89. The average molecular weight is 317 g/mol. The van der Waals surface area contributed by atoms with Gasteiger partial charge in [-0.05, 0) is 49.6 Å². The van der Waals surface area contributed by atoms with Crippen molar-refractivity contribution in [2.75, 3.05) is 13.1 Å². The molecule has 0 unspecified atom stereocenters. The molecule has 1 saturated heterocycles. The van der Waals surface area contributed by atoms with Gasteiger partial charge in [0.15, 0.2) is 5.41 Å². The fourth-order valence-corrected chi connectivity index (χ4v) is 3.00. The Morgan fingerprint density at radius 3 is 2.50 bits per heavy atom. The fraction of sp³-hybridized carbons (Fsp3) is 0.533. The summed E-state index contributed by atoms with van der Waals surface area (Å²) in [4.78, 5) is 11.4. The Bertz CT molecular complexity index is 600. The van der Waals surface area contributed by atoms with E-state index >= 15 is 0 Å².